The van der Waals surface area contributed by atoms with Crippen molar-refractivity contribution < 1.29 is 19.4 Å². The number of carbonyl (C=O) groups excluding carboxylic acids is 1. The number of aliphatic carboxylic acids is 1. The van der Waals surface area contributed by atoms with Gasteiger partial charge in [0.05, 0.1) is 0 Å². The average molecular weight is 300 g/mol. The molecule has 0 spiro atoms. The van der Waals surface area contributed by atoms with Crippen molar-refractivity contribution in [3.63, 3.8) is 0 Å². The number of amides is 2. The van der Waals surface area contributed by atoms with E-state index in [-0.39, 0.29) is 24.3 Å². The average Bonchev–Trinajstić information content (AvgIpc) is 2.46. The van der Waals surface area contributed by atoms with E-state index in [2.05, 4.69) is 5.32 Å². The molecule has 0 aromatic heterocycles. The van der Waals surface area contributed by atoms with Crippen molar-refractivity contribution in [2.24, 2.45) is 11.8 Å². The van der Waals surface area contributed by atoms with Crippen LogP contribution in [0.1, 0.15) is 39.5 Å². The number of hydrogen-bond acceptors (Lipinski definition) is 3. The second kappa shape index (κ2) is 9.60. The normalized spacial score (nSPS) is 20.1. The van der Waals surface area contributed by atoms with Crippen LogP contribution in [-0.2, 0) is 9.53 Å². The van der Waals surface area contributed by atoms with Crippen LogP contribution >= 0.6 is 0 Å². The van der Waals surface area contributed by atoms with Crippen LogP contribution in [0.5, 0.6) is 0 Å². The molecule has 2 unspecified atom stereocenters. The summed E-state index contributed by atoms with van der Waals surface area (Å²) in [6.07, 6.45) is 2.93. The largest absolute Gasteiger partial charge is 0.481 e. The molecule has 1 saturated heterocycles. The fourth-order valence-corrected chi connectivity index (χ4v) is 2.73. The summed E-state index contributed by atoms with van der Waals surface area (Å²) >= 11 is 0. The highest BCUT2D eigenvalue weighted by Crippen LogP contribution is 2.26. The molecule has 1 aliphatic heterocycles. The molecule has 6 nitrogen and oxygen atoms in total. The predicted molar refractivity (Wildman–Crippen MR) is 80.2 cm³/mol. The number of piperidine rings is 1. The predicted octanol–water partition coefficient (Wildman–Crippen LogP) is 1.95. The van der Waals surface area contributed by atoms with E-state index in [0.29, 0.717) is 26.3 Å². The van der Waals surface area contributed by atoms with E-state index in [4.69, 9.17) is 9.84 Å². The van der Waals surface area contributed by atoms with Gasteiger partial charge >= 0.3 is 12.0 Å². The second-order valence-electron chi connectivity index (χ2n) is 5.71. The summed E-state index contributed by atoms with van der Waals surface area (Å²) in [5, 5.41) is 11.8. The molecule has 0 aromatic carbocycles. The highest BCUT2D eigenvalue weighted by atomic mass is 16.5. The van der Waals surface area contributed by atoms with Crippen LogP contribution in [0.2, 0.25) is 0 Å². The molecule has 1 fully saturated rings. The van der Waals surface area contributed by atoms with Crippen molar-refractivity contribution >= 4 is 12.0 Å². The number of carbonyl (C=O) groups is 2. The van der Waals surface area contributed by atoms with Crippen LogP contribution in [0.3, 0.4) is 0 Å². The summed E-state index contributed by atoms with van der Waals surface area (Å²) in [6.45, 7) is 7.30. The Morgan fingerprint density at radius 2 is 2.24 bits per heavy atom. The third kappa shape index (κ3) is 6.80. The SMILES string of the molecule is CCOCCCNC(=O)N1CCCC(C(C)CC(=O)O)C1. The third-order valence-electron chi connectivity index (χ3n) is 3.99. The molecule has 2 atom stereocenters. The zero-order valence-corrected chi connectivity index (χ0v) is 13.1. The van der Waals surface area contributed by atoms with Gasteiger partial charge in [0.25, 0.3) is 0 Å². The molecule has 1 rings (SSSR count). The van der Waals surface area contributed by atoms with Crippen LogP contribution in [0.4, 0.5) is 4.79 Å². The van der Waals surface area contributed by atoms with E-state index in [1.165, 1.54) is 0 Å². The van der Waals surface area contributed by atoms with Gasteiger partial charge in [0.15, 0.2) is 0 Å². The smallest absolute Gasteiger partial charge is 0.317 e. The Morgan fingerprint density at radius 1 is 1.48 bits per heavy atom. The Bertz CT molecular complexity index is 336. The van der Waals surface area contributed by atoms with E-state index in [9.17, 15) is 9.59 Å². The lowest BCUT2D eigenvalue weighted by Gasteiger charge is -2.35. The number of carboxylic acids is 1. The maximum Gasteiger partial charge on any atom is 0.317 e. The first kappa shape index (κ1) is 17.8. The third-order valence-corrected chi connectivity index (χ3v) is 3.99. The molecule has 2 N–H and O–H groups in total. The van der Waals surface area contributed by atoms with Crippen LogP contribution in [0.15, 0.2) is 0 Å². The number of urea groups is 1. The minimum Gasteiger partial charge on any atom is -0.481 e. The lowest BCUT2D eigenvalue weighted by atomic mass is 9.85. The fraction of sp³-hybridized carbons (Fsp3) is 0.867. The maximum atomic E-state index is 12.1. The Hall–Kier alpha value is -1.30. The van der Waals surface area contributed by atoms with Gasteiger partial charge in [-0.1, -0.05) is 6.92 Å². The number of carboxylic acid groups (broad SMARTS) is 1. The monoisotopic (exact) mass is 300 g/mol. The molecule has 0 aromatic rings. The lowest BCUT2D eigenvalue weighted by molar-refractivity contribution is -0.138. The van der Waals surface area contributed by atoms with Gasteiger partial charge in [-0.3, -0.25) is 4.79 Å². The van der Waals surface area contributed by atoms with Crippen LogP contribution < -0.4 is 5.32 Å². The van der Waals surface area contributed by atoms with Gasteiger partial charge in [-0.15, -0.1) is 0 Å². The molecule has 1 heterocycles. The summed E-state index contributed by atoms with van der Waals surface area (Å²) in [6, 6.07) is -0.0428. The van der Waals surface area contributed by atoms with Crippen molar-refractivity contribution in [1.82, 2.24) is 10.2 Å². The zero-order chi connectivity index (χ0) is 15.7. The van der Waals surface area contributed by atoms with E-state index >= 15 is 0 Å². The van der Waals surface area contributed by atoms with E-state index < -0.39 is 5.97 Å². The van der Waals surface area contributed by atoms with Crippen molar-refractivity contribution in [3.05, 3.63) is 0 Å². The summed E-state index contributed by atoms with van der Waals surface area (Å²) in [5.74, 6) is -0.375. The van der Waals surface area contributed by atoms with Crippen molar-refractivity contribution in [2.45, 2.75) is 39.5 Å². The van der Waals surface area contributed by atoms with Crippen LogP contribution in [0.25, 0.3) is 0 Å². The standard InChI is InChI=1S/C15H28N2O4/c1-3-21-9-5-7-16-15(20)17-8-4-6-13(11-17)12(2)10-14(18)19/h12-13H,3-11H2,1-2H3,(H,16,20)(H,18,19). The van der Waals surface area contributed by atoms with Gasteiger partial charge in [-0.2, -0.15) is 0 Å². The minimum absolute atomic E-state index is 0.0428. The molecule has 21 heavy (non-hydrogen) atoms. The van der Waals surface area contributed by atoms with E-state index in [1.807, 2.05) is 18.7 Å². The molecule has 1 aliphatic rings. The van der Waals surface area contributed by atoms with Gasteiger partial charge in [0.1, 0.15) is 0 Å². The van der Waals surface area contributed by atoms with Crippen LogP contribution in [-0.4, -0.2) is 54.9 Å². The van der Waals surface area contributed by atoms with Gasteiger partial charge < -0.3 is 20.1 Å². The Morgan fingerprint density at radius 3 is 2.90 bits per heavy atom. The van der Waals surface area contributed by atoms with Crippen molar-refractivity contribution in [3.8, 4) is 0 Å². The first-order valence-corrected chi connectivity index (χ1v) is 7.86. The van der Waals surface area contributed by atoms with Gasteiger partial charge in [0.2, 0.25) is 0 Å². The van der Waals surface area contributed by atoms with E-state index in [1.54, 1.807) is 0 Å². The Labute approximate surface area is 126 Å². The van der Waals surface area contributed by atoms with E-state index in [0.717, 1.165) is 25.8 Å². The molecular weight excluding hydrogens is 272 g/mol. The first-order valence-electron chi connectivity index (χ1n) is 7.86. The molecule has 0 saturated carbocycles. The maximum absolute atomic E-state index is 12.1. The zero-order valence-electron chi connectivity index (χ0n) is 13.1. The number of nitrogens with one attached hydrogen (secondary N) is 1. The van der Waals surface area contributed by atoms with Gasteiger partial charge in [-0.05, 0) is 38.0 Å². The number of hydrogen-bond donors (Lipinski definition) is 2. The van der Waals surface area contributed by atoms with Crippen molar-refractivity contribution in [1.29, 1.82) is 0 Å². The molecule has 6 heteroatoms. The fourth-order valence-electron chi connectivity index (χ4n) is 2.73. The minimum atomic E-state index is -0.764. The highest BCUT2D eigenvalue weighted by molar-refractivity contribution is 5.74. The molecule has 0 bridgehead atoms. The summed E-state index contributed by atoms with van der Waals surface area (Å²) in [4.78, 5) is 24.7. The summed E-state index contributed by atoms with van der Waals surface area (Å²) in [5.41, 5.74) is 0. The number of rotatable bonds is 8. The second-order valence-corrected chi connectivity index (χ2v) is 5.71. The first-order chi connectivity index (χ1) is 10.0. The number of nitrogens with zero attached hydrogens (tertiary/aromatic N) is 1. The Kier molecular flexibility index (Phi) is 8.12. The lowest BCUT2D eigenvalue weighted by Crippen LogP contribution is -2.47. The molecule has 122 valence electrons. The summed E-state index contributed by atoms with van der Waals surface area (Å²) in [7, 11) is 0. The number of ether oxygens (including phenoxy) is 1. The molecule has 0 aliphatic carbocycles. The molecule has 2 amide bonds. The molecule has 0 radical (unpaired) electrons. The Balaban J connectivity index is 2.30. The summed E-state index contributed by atoms with van der Waals surface area (Å²) < 4.78 is 5.23. The van der Waals surface area contributed by atoms with Crippen molar-refractivity contribution in [2.75, 3.05) is 32.8 Å². The highest BCUT2D eigenvalue weighted by Gasteiger charge is 2.28. The number of likely N-dealkylation sites (tertiary alicyclic amines) is 1. The quantitative estimate of drug-likeness (QED) is 0.672. The van der Waals surface area contributed by atoms with Gasteiger partial charge in [-0.25, -0.2) is 4.79 Å². The van der Waals surface area contributed by atoms with Gasteiger partial charge in [0, 0.05) is 39.3 Å². The van der Waals surface area contributed by atoms with Crippen LogP contribution in [0, 0.1) is 11.8 Å². The topological polar surface area (TPSA) is 78.9 Å². The molecular formula is C15H28N2O4.